The maximum absolute atomic E-state index is 12.4. The summed E-state index contributed by atoms with van der Waals surface area (Å²) in [6, 6.07) is 9.13. The van der Waals surface area contributed by atoms with Gasteiger partial charge in [-0.3, -0.25) is 4.79 Å². The van der Waals surface area contributed by atoms with Crippen LogP contribution in [0.25, 0.3) is 5.69 Å². The molecule has 10 nitrogen and oxygen atoms in total. The third-order valence-corrected chi connectivity index (χ3v) is 4.69. The molecule has 0 aliphatic carbocycles. The lowest BCUT2D eigenvalue weighted by Gasteiger charge is -2.17. The molecule has 1 aromatic carbocycles. The number of aromatic nitrogens is 6. The van der Waals surface area contributed by atoms with Gasteiger partial charge in [0.05, 0.1) is 5.69 Å². The number of carbonyl (C=O) groups excluding carboxylic acids is 1. The minimum Gasteiger partial charge on any atom is -0.356 e. The first-order valence-corrected chi connectivity index (χ1v) is 9.65. The fraction of sp³-hybridized carbons (Fsp3) is 0.368. The molecule has 2 aromatic heterocycles. The number of hydrogen-bond donors (Lipinski definition) is 2. The molecule has 1 aliphatic heterocycles. The van der Waals surface area contributed by atoms with Crippen LogP contribution in [0.15, 0.2) is 36.7 Å². The Kier molecular flexibility index (Phi) is 5.59. The fourth-order valence-electron chi connectivity index (χ4n) is 3.26. The molecule has 3 heterocycles. The highest BCUT2D eigenvalue weighted by atomic mass is 16.1. The summed E-state index contributed by atoms with van der Waals surface area (Å²) in [5.41, 5.74) is 2.19. The van der Waals surface area contributed by atoms with E-state index >= 15 is 0 Å². The summed E-state index contributed by atoms with van der Waals surface area (Å²) < 4.78 is 1.51. The van der Waals surface area contributed by atoms with E-state index in [0.29, 0.717) is 24.6 Å². The summed E-state index contributed by atoms with van der Waals surface area (Å²) in [6.07, 6.45) is 3.89. The summed E-state index contributed by atoms with van der Waals surface area (Å²) in [6.45, 7) is 5.02. The molecular formula is C19H23N9O. The number of rotatable bonds is 7. The monoisotopic (exact) mass is 393 g/mol. The van der Waals surface area contributed by atoms with Crippen LogP contribution in [-0.4, -0.2) is 62.3 Å². The average Bonchev–Trinajstić information content (AvgIpc) is 3.45. The van der Waals surface area contributed by atoms with Gasteiger partial charge in [0.25, 0.3) is 5.91 Å². The highest BCUT2D eigenvalue weighted by molar-refractivity contribution is 5.94. The third-order valence-electron chi connectivity index (χ3n) is 4.69. The standard InChI is InChI=1S/C19H23N9O/c1-14-11-17(27-9-2-3-10-27)24-19(23-14)21-8-7-20-18(29)15-5-4-6-16(12-15)28-13-22-25-26-28/h4-6,11-13H,2-3,7-10H2,1H3,(H,20,29)(H,21,23,24). The molecule has 1 amide bonds. The van der Waals surface area contributed by atoms with Crippen LogP contribution in [0, 0.1) is 6.92 Å². The molecule has 29 heavy (non-hydrogen) atoms. The Morgan fingerprint density at radius 1 is 1.14 bits per heavy atom. The summed E-state index contributed by atoms with van der Waals surface area (Å²) >= 11 is 0. The average molecular weight is 393 g/mol. The fourth-order valence-corrected chi connectivity index (χ4v) is 3.26. The highest BCUT2D eigenvalue weighted by Gasteiger charge is 2.15. The molecule has 0 spiro atoms. The number of anilines is 2. The summed E-state index contributed by atoms with van der Waals surface area (Å²) in [4.78, 5) is 23.7. The Morgan fingerprint density at radius 3 is 2.79 bits per heavy atom. The van der Waals surface area contributed by atoms with Crippen LogP contribution in [0.2, 0.25) is 0 Å². The van der Waals surface area contributed by atoms with E-state index in [1.54, 1.807) is 18.2 Å². The Balaban J connectivity index is 1.30. The zero-order valence-electron chi connectivity index (χ0n) is 16.2. The van der Waals surface area contributed by atoms with Crippen molar-refractivity contribution in [1.29, 1.82) is 0 Å². The van der Waals surface area contributed by atoms with E-state index in [9.17, 15) is 4.79 Å². The predicted molar refractivity (Wildman–Crippen MR) is 108 cm³/mol. The molecule has 10 heteroatoms. The van der Waals surface area contributed by atoms with E-state index in [0.717, 1.165) is 30.3 Å². The normalized spacial score (nSPS) is 13.5. The number of benzene rings is 1. The van der Waals surface area contributed by atoms with Crippen LogP contribution in [0.3, 0.4) is 0 Å². The van der Waals surface area contributed by atoms with Crippen LogP contribution in [0.4, 0.5) is 11.8 Å². The molecule has 4 rings (SSSR count). The largest absolute Gasteiger partial charge is 0.356 e. The molecule has 1 aliphatic rings. The van der Waals surface area contributed by atoms with Gasteiger partial charge in [-0.25, -0.2) is 9.67 Å². The molecule has 2 N–H and O–H groups in total. The van der Waals surface area contributed by atoms with Crippen molar-refractivity contribution in [3.05, 3.63) is 47.9 Å². The number of hydrogen-bond acceptors (Lipinski definition) is 8. The Morgan fingerprint density at radius 2 is 2.00 bits per heavy atom. The molecule has 0 atom stereocenters. The maximum atomic E-state index is 12.4. The molecule has 3 aromatic rings. The second-order valence-corrected chi connectivity index (χ2v) is 6.87. The van der Waals surface area contributed by atoms with Crippen LogP contribution in [-0.2, 0) is 0 Å². The van der Waals surface area contributed by atoms with Gasteiger partial charge in [0, 0.05) is 43.5 Å². The zero-order chi connectivity index (χ0) is 20.1. The molecule has 0 unspecified atom stereocenters. The minimum absolute atomic E-state index is 0.162. The van der Waals surface area contributed by atoms with Crippen LogP contribution < -0.4 is 15.5 Å². The van der Waals surface area contributed by atoms with Crippen molar-refractivity contribution in [3.63, 3.8) is 0 Å². The van der Waals surface area contributed by atoms with Crippen molar-refractivity contribution in [1.82, 2.24) is 35.5 Å². The summed E-state index contributed by atoms with van der Waals surface area (Å²) in [5.74, 6) is 1.38. The lowest BCUT2D eigenvalue weighted by atomic mass is 10.2. The number of nitrogens with one attached hydrogen (secondary N) is 2. The number of aryl methyl sites for hydroxylation is 1. The second-order valence-electron chi connectivity index (χ2n) is 6.87. The number of tetrazole rings is 1. The van der Waals surface area contributed by atoms with Gasteiger partial charge in [0.15, 0.2) is 0 Å². The first-order chi connectivity index (χ1) is 14.2. The van der Waals surface area contributed by atoms with Gasteiger partial charge >= 0.3 is 0 Å². The molecule has 150 valence electrons. The van der Waals surface area contributed by atoms with Crippen molar-refractivity contribution in [3.8, 4) is 5.69 Å². The Hall–Kier alpha value is -3.56. The van der Waals surface area contributed by atoms with Crippen LogP contribution in [0.5, 0.6) is 0 Å². The van der Waals surface area contributed by atoms with Crippen molar-refractivity contribution in [2.45, 2.75) is 19.8 Å². The topological polar surface area (TPSA) is 114 Å². The van der Waals surface area contributed by atoms with Gasteiger partial charge in [0.2, 0.25) is 5.95 Å². The van der Waals surface area contributed by atoms with Gasteiger partial charge in [-0.05, 0) is 48.4 Å². The van der Waals surface area contributed by atoms with Crippen LogP contribution in [0.1, 0.15) is 28.9 Å². The van der Waals surface area contributed by atoms with Crippen molar-refractivity contribution in [2.75, 3.05) is 36.4 Å². The Bertz CT molecular complexity index is 968. The highest BCUT2D eigenvalue weighted by Crippen LogP contribution is 2.19. The van der Waals surface area contributed by atoms with Gasteiger partial charge in [-0.15, -0.1) is 5.10 Å². The van der Waals surface area contributed by atoms with E-state index in [1.807, 2.05) is 19.1 Å². The Labute approximate surface area is 168 Å². The van der Waals surface area contributed by atoms with E-state index in [4.69, 9.17) is 0 Å². The SMILES string of the molecule is Cc1cc(N2CCCC2)nc(NCCNC(=O)c2cccc(-n3cnnn3)c2)n1. The molecule has 1 saturated heterocycles. The third kappa shape index (κ3) is 4.65. The van der Waals surface area contributed by atoms with E-state index in [1.165, 1.54) is 23.9 Å². The smallest absolute Gasteiger partial charge is 0.251 e. The number of amides is 1. The quantitative estimate of drug-likeness (QED) is 0.576. The van der Waals surface area contributed by atoms with Gasteiger partial charge in [0.1, 0.15) is 12.1 Å². The summed E-state index contributed by atoms with van der Waals surface area (Å²) in [5, 5.41) is 17.1. The van der Waals surface area contributed by atoms with Gasteiger partial charge < -0.3 is 15.5 Å². The van der Waals surface area contributed by atoms with E-state index < -0.39 is 0 Å². The second kappa shape index (κ2) is 8.63. The molecule has 0 saturated carbocycles. The number of carbonyl (C=O) groups is 1. The summed E-state index contributed by atoms with van der Waals surface area (Å²) in [7, 11) is 0. The minimum atomic E-state index is -0.162. The van der Waals surface area contributed by atoms with Gasteiger partial charge in [-0.1, -0.05) is 6.07 Å². The maximum Gasteiger partial charge on any atom is 0.251 e. The number of nitrogens with zero attached hydrogens (tertiary/aromatic N) is 7. The molecule has 1 fully saturated rings. The first-order valence-electron chi connectivity index (χ1n) is 9.65. The van der Waals surface area contributed by atoms with E-state index in [2.05, 4.69) is 41.0 Å². The molecule has 0 radical (unpaired) electrons. The van der Waals surface area contributed by atoms with Crippen LogP contribution >= 0.6 is 0 Å². The van der Waals surface area contributed by atoms with Crippen molar-refractivity contribution in [2.24, 2.45) is 0 Å². The lowest BCUT2D eigenvalue weighted by molar-refractivity contribution is 0.0955. The van der Waals surface area contributed by atoms with Crippen molar-refractivity contribution < 1.29 is 4.79 Å². The van der Waals surface area contributed by atoms with E-state index in [-0.39, 0.29) is 5.91 Å². The van der Waals surface area contributed by atoms with Gasteiger partial charge in [-0.2, -0.15) is 4.98 Å². The zero-order valence-corrected chi connectivity index (χ0v) is 16.2. The van der Waals surface area contributed by atoms with Crippen molar-refractivity contribution >= 4 is 17.7 Å². The molecule has 0 bridgehead atoms. The lowest BCUT2D eigenvalue weighted by Crippen LogP contribution is -2.29. The predicted octanol–water partition coefficient (Wildman–Crippen LogP) is 1.20. The first kappa shape index (κ1) is 18.8. The molecular weight excluding hydrogens is 370 g/mol.